The minimum Gasteiger partial charge on any atom is -0.463 e. The summed E-state index contributed by atoms with van der Waals surface area (Å²) in [5.41, 5.74) is 0.224. The Morgan fingerprint density at radius 2 is 0.883 bits per heavy atom. The van der Waals surface area contributed by atoms with Crippen LogP contribution in [-0.4, -0.2) is 175 Å². The van der Waals surface area contributed by atoms with Gasteiger partial charge in [0.05, 0.1) is 19.8 Å². The van der Waals surface area contributed by atoms with Crippen molar-refractivity contribution in [1.29, 1.82) is 0 Å². The van der Waals surface area contributed by atoms with Crippen LogP contribution in [0.4, 0.5) is 0 Å². The number of rotatable bonds is 23. The van der Waals surface area contributed by atoms with E-state index in [0.717, 1.165) is 72.8 Å². The fourth-order valence-electron chi connectivity index (χ4n) is 8.96. The lowest BCUT2D eigenvalue weighted by molar-refractivity contribution is -0.368. The third kappa shape index (κ3) is 18.0. The first-order valence-electron chi connectivity index (χ1n) is 24.7. The van der Waals surface area contributed by atoms with Gasteiger partial charge in [0.25, 0.3) is 0 Å². The maximum Gasteiger partial charge on any atom is 0.303 e. The van der Waals surface area contributed by atoms with Crippen LogP contribution < -0.4 is 0 Å². The molecule has 2 aromatic rings. The van der Waals surface area contributed by atoms with Gasteiger partial charge >= 0.3 is 41.8 Å². The van der Waals surface area contributed by atoms with Gasteiger partial charge in [-0.15, -0.1) is 11.8 Å². The lowest BCUT2D eigenvalue weighted by Gasteiger charge is -2.52. The minimum atomic E-state index is -1.88. The first-order valence-corrected chi connectivity index (χ1v) is 25.7. The molecule has 3 heterocycles. The summed E-state index contributed by atoms with van der Waals surface area (Å²) < 4.78 is 86.1. The first-order chi connectivity index (χ1) is 36.6. The van der Waals surface area contributed by atoms with Crippen molar-refractivity contribution in [2.24, 2.45) is 0 Å². The Morgan fingerprint density at radius 1 is 0.455 bits per heavy atom. The Bertz CT molecular complexity index is 2330. The van der Waals surface area contributed by atoms with Gasteiger partial charge in [0.1, 0.15) is 61.3 Å². The number of amides is 2. The molecule has 424 valence electrons. The number of benzene rings is 2. The van der Waals surface area contributed by atoms with Crippen LogP contribution in [0.1, 0.15) is 80.4 Å². The Labute approximate surface area is 449 Å². The molecule has 77 heavy (non-hydrogen) atoms. The van der Waals surface area contributed by atoms with Crippen molar-refractivity contribution >= 4 is 65.4 Å². The molecular weight excluding hydrogens is 1040 g/mol. The molecule has 0 radical (unpaired) electrons. The summed E-state index contributed by atoms with van der Waals surface area (Å²) in [5, 5.41) is 0. The molecule has 2 amide bonds. The maximum absolute atomic E-state index is 14.1. The van der Waals surface area contributed by atoms with Crippen molar-refractivity contribution in [2.75, 3.05) is 25.6 Å². The van der Waals surface area contributed by atoms with E-state index in [4.69, 9.17) is 66.3 Å². The van der Waals surface area contributed by atoms with Gasteiger partial charge < -0.3 is 66.3 Å². The number of nitrogens with zero attached hydrogens (tertiary/aromatic N) is 1. The van der Waals surface area contributed by atoms with Crippen LogP contribution in [0.2, 0.25) is 0 Å². The number of hydrogen-bond acceptors (Lipinski definition) is 24. The van der Waals surface area contributed by atoms with E-state index >= 15 is 0 Å². The van der Waals surface area contributed by atoms with Gasteiger partial charge in [-0.05, 0) is 16.9 Å². The molecule has 15 atom stereocenters. The van der Waals surface area contributed by atoms with Gasteiger partial charge in [0.15, 0.2) is 43.1 Å². The molecule has 0 unspecified atom stereocenters. The number of carbonyl (C=O) groups is 9. The van der Waals surface area contributed by atoms with Gasteiger partial charge in [-0.1, -0.05) is 67.6 Å². The monoisotopic (exact) mass is 1110 g/mol. The molecule has 2 aromatic carbocycles. The standard InChI is InChI=1S/C52H67NO23S/c1-11-77-52-49(71-35(10)62)47(44(68-32(7)59)40(74-52)26-65-30(5)57)76-50-41(53(27(2)54)28(3)55)45(66-23-37-20-16-13-17-21-37)42(38(72-50)24-63-22-36-18-14-12-15-19-36)75-51-48(70-34(9)61)46(69-33(8)60)43(67-31(6)58)39(73-51)25-64-29(4)56/h12-21,38-52H,11,22-26H2,1-10H3/t38-,39-,40-,41-,42-,43+,44+,45-,46+,47+,48-,49-,50+,51+,52+/m1/s1. The van der Waals surface area contributed by atoms with Crippen molar-refractivity contribution in [3.63, 3.8) is 0 Å². The molecule has 0 N–H and O–H groups in total. The number of carbonyl (C=O) groups excluding carboxylic acids is 9. The zero-order chi connectivity index (χ0) is 56.5. The molecule has 3 aliphatic rings. The second kappa shape index (κ2) is 29.6. The van der Waals surface area contributed by atoms with E-state index < -0.39 is 165 Å². The third-order valence-corrected chi connectivity index (χ3v) is 12.8. The maximum atomic E-state index is 14.1. The SMILES string of the molecule is CCS[C@@H]1O[C@H](COC(C)=O)[C@H](OC(C)=O)[C@H](O[C@@H]2O[C@H](COCc3ccccc3)[C@@H](O[C@@H]3O[C@H](COC(C)=O)[C@H](OC(C)=O)[C@H](OC(C)=O)[C@H]3OC(C)=O)[C@H](OCc3ccccc3)[C@H]2N(C(C)=O)C(C)=O)[C@H]1OC(C)=O. The van der Waals surface area contributed by atoms with Crippen molar-refractivity contribution in [1.82, 2.24) is 4.90 Å². The van der Waals surface area contributed by atoms with Crippen LogP contribution in [0, 0.1) is 0 Å². The molecule has 3 fully saturated rings. The highest BCUT2D eigenvalue weighted by atomic mass is 32.2. The zero-order valence-electron chi connectivity index (χ0n) is 44.4. The number of thioether (sulfide) groups is 1. The van der Waals surface area contributed by atoms with Crippen LogP contribution in [0.15, 0.2) is 60.7 Å². The van der Waals surface area contributed by atoms with Crippen LogP contribution in [0.3, 0.4) is 0 Å². The number of ether oxygens (including phenoxy) is 14. The zero-order valence-corrected chi connectivity index (χ0v) is 45.2. The summed E-state index contributed by atoms with van der Waals surface area (Å²) in [7, 11) is 0. The summed E-state index contributed by atoms with van der Waals surface area (Å²) in [6.07, 6.45) is -20.8. The highest BCUT2D eigenvalue weighted by Crippen LogP contribution is 2.40. The first kappa shape index (κ1) is 61.8. The van der Waals surface area contributed by atoms with Crippen LogP contribution >= 0.6 is 11.8 Å². The van der Waals surface area contributed by atoms with E-state index in [2.05, 4.69) is 0 Å². The van der Waals surface area contributed by atoms with Gasteiger partial charge in [0.2, 0.25) is 11.8 Å². The summed E-state index contributed by atoms with van der Waals surface area (Å²) in [4.78, 5) is 118. The number of esters is 7. The second-order valence-corrected chi connectivity index (χ2v) is 19.3. The van der Waals surface area contributed by atoms with Crippen molar-refractivity contribution in [2.45, 2.75) is 174 Å². The molecule has 0 saturated carbocycles. The van der Waals surface area contributed by atoms with Crippen molar-refractivity contribution in [3.8, 4) is 0 Å². The minimum absolute atomic E-state index is 0.0270. The van der Waals surface area contributed by atoms with E-state index in [1.165, 1.54) is 11.8 Å². The quantitative estimate of drug-likeness (QED) is 0.114. The normalized spacial score (nSPS) is 28.9. The highest BCUT2D eigenvalue weighted by Gasteiger charge is 2.60. The summed E-state index contributed by atoms with van der Waals surface area (Å²) >= 11 is 1.18. The van der Waals surface area contributed by atoms with E-state index in [1.54, 1.807) is 67.6 Å². The summed E-state index contributed by atoms with van der Waals surface area (Å²) in [6.45, 7) is 9.85. The molecular formula is C52H67NO23S. The van der Waals surface area contributed by atoms with Crippen molar-refractivity contribution in [3.05, 3.63) is 71.8 Å². The molecule has 0 spiro atoms. The molecule has 0 aliphatic carbocycles. The highest BCUT2D eigenvalue weighted by molar-refractivity contribution is 7.99. The smallest absolute Gasteiger partial charge is 0.303 e. The lowest BCUT2D eigenvalue weighted by atomic mass is 9.93. The Kier molecular flexibility index (Phi) is 23.8. The Morgan fingerprint density at radius 3 is 1.38 bits per heavy atom. The van der Waals surface area contributed by atoms with Crippen LogP contribution in [0.25, 0.3) is 0 Å². The Balaban J connectivity index is 1.78. The molecule has 0 bridgehead atoms. The van der Waals surface area contributed by atoms with E-state index in [0.29, 0.717) is 11.3 Å². The average molecular weight is 1110 g/mol. The number of imide groups is 1. The molecule has 24 nitrogen and oxygen atoms in total. The fraction of sp³-hybridized carbons (Fsp3) is 0.596. The van der Waals surface area contributed by atoms with Gasteiger partial charge in [0, 0.05) is 62.3 Å². The second-order valence-electron chi connectivity index (χ2n) is 17.9. The molecule has 0 aromatic heterocycles. The van der Waals surface area contributed by atoms with Gasteiger partial charge in [-0.25, -0.2) is 0 Å². The molecule has 25 heteroatoms. The molecule has 3 saturated heterocycles. The summed E-state index contributed by atoms with van der Waals surface area (Å²) in [5.74, 6) is -7.22. The lowest BCUT2D eigenvalue weighted by Crippen LogP contribution is -2.71. The largest absolute Gasteiger partial charge is 0.463 e. The van der Waals surface area contributed by atoms with E-state index in [-0.39, 0.29) is 13.2 Å². The third-order valence-electron chi connectivity index (χ3n) is 11.8. The van der Waals surface area contributed by atoms with E-state index in [9.17, 15) is 43.2 Å². The predicted molar refractivity (Wildman–Crippen MR) is 263 cm³/mol. The number of hydrogen-bond donors (Lipinski definition) is 0. The van der Waals surface area contributed by atoms with E-state index in [1.807, 2.05) is 0 Å². The fourth-order valence-corrected chi connectivity index (χ4v) is 9.91. The predicted octanol–water partition coefficient (Wildman–Crippen LogP) is 3.04. The van der Waals surface area contributed by atoms with Gasteiger partial charge in [-0.2, -0.15) is 0 Å². The van der Waals surface area contributed by atoms with Crippen molar-refractivity contribution < 1.29 is 109 Å². The average Bonchev–Trinajstić information content (AvgIpc) is 3.37. The van der Waals surface area contributed by atoms with Gasteiger partial charge in [-0.3, -0.25) is 48.1 Å². The topological polar surface area (TPSA) is 286 Å². The van der Waals surface area contributed by atoms with Crippen LogP contribution in [0.5, 0.6) is 0 Å². The summed E-state index contributed by atoms with van der Waals surface area (Å²) in [6, 6.07) is 16.0. The van der Waals surface area contributed by atoms with Crippen LogP contribution in [-0.2, 0) is 123 Å². The Hall–Kier alpha value is -6.06. The molecule has 3 aliphatic heterocycles. The molecule has 5 rings (SSSR count).